The van der Waals surface area contributed by atoms with Crippen LogP contribution in [-0.2, 0) is 14.8 Å². The third-order valence-corrected chi connectivity index (χ3v) is 5.70. The lowest BCUT2D eigenvalue weighted by Gasteiger charge is -2.26. The highest BCUT2D eigenvalue weighted by molar-refractivity contribution is 7.89. The van der Waals surface area contributed by atoms with Crippen molar-refractivity contribution in [3.05, 3.63) is 29.8 Å². The number of halogens is 1. The maximum absolute atomic E-state index is 12.6. The molecule has 0 spiro atoms. The van der Waals surface area contributed by atoms with E-state index < -0.39 is 34.6 Å². The topological polar surface area (TPSA) is 104 Å². The van der Waals surface area contributed by atoms with Gasteiger partial charge in [-0.25, -0.2) is 17.6 Å². The number of hydrogen-bond donors (Lipinski definition) is 2. The van der Waals surface area contributed by atoms with Gasteiger partial charge in [0, 0.05) is 18.7 Å². The van der Waals surface area contributed by atoms with E-state index in [-0.39, 0.29) is 10.5 Å². The van der Waals surface area contributed by atoms with Gasteiger partial charge in [-0.2, -0.15) is 4.31 Å². The first kappa shape index (κ1) is 18.3. The predicted molar refractivity (Wildman–Crippen MR) is 83.9 cm³/mol. The number of benzene rings is 1. The molecule has 132 valence electrons. The number of sulfonamides is 1. The van der Waals surface area contributed by atoms with Crippen LogP contribution in [0.5, 0.6) is 0 Å². The molecule has 1 aliphatic rings. The molecule has 0 aliphatic carbocycles. The summed E-state index contributed by atoms with van der Waals surface area (Å²) in [6.45, 7) is -0.393. The van der Waals surface area contributed by atoms with Crippen LogP contribution in [-0.4, -0.2) is 55.5 Å². The van der Waals surface area contributed by atoms with Crippen LogP contribution in [0.4, 0.5) is 4.39 Å². The maximum atomic E-state index is 12.6. The monoisotopic (exact) mass is 358 g/mol. The third kappa shape index (κ3) is 4.09. The SMILES string of the molecule is O=C(NC(CF)C(=O)O)c1cccc(S(=O)(=O)N2CCCCC2)c1. The van der Waals surface area contributed by atoms with Gasteiger partial charge in [-0.15, -0.1) is 0 Å². The second kappa shape index (κ2) is 7.71. The van der Waals surface area contributed by atoms with Crippen LogP contribution in [0.3, 0.4) is 0 Å². The number of carboxylic acids is 1. The molecule has 1 amide bonds. The second-order valence-corrected chi connectivity index (χ2v) is 7.45. The standard InChI is InChI=1S/C15H19FN2O5S/c16-10-13(15(20)21)17-14(19)11-5-4-6-12(9-11)24(22,23)18-7-2-1-3-8-18/h4-6,9,13H,1-3,7-8,10H2,(H,17,19)(H,20,21). The van der Waals surface area contributed by atoms with E-state index in [2.05, 4.69) is 0 Å². The van der Waals surface area contributed by atoms with Crippen LogP contribution in [0.2, 0.25) is 0 Å². The highest BCUT2D eigenvalue weighted by Crippen LogP contribution is 2.21. The summed E-state index contributed by atoms with van der Waals surface area (Å²) in [5.74, 6) is -2.33. The van der Waals surface area contributed by atoms with Crippen LogP contribution in [0.15, 0.2) is 29.2 Å². The smallest absolute Gasteiger partial charge is 0.328 e. The Kier molecular flexibility index (Phi) is 5.89. The van der Waals surface area contributed by atoms with Crippen molar-refractivity contribution < 1.29 is 27.5 Å². The molecule has 9 heteroatoms. The van der Waals surface area contributed by atoms with Gasteiger partial charge in [-0.3, -0.25) is 4.79 Å². The van der Waals surface area contributed by atoms with Crippen molar-refractivity contribution in [3.8, 4) is 0 Å². The number of alkyl halides is 1. The van der Waals surface area contributed by atoms with E-state index in [1.54, 1.807) is 0 Å². The molecule has 1 aromatic carbocycles. The second-order valence-electron chi connectivity index (χ2n) is 5.51. The number of aliphatic carboxylic acids is 1. The number of amides is 1. The number of carbonyl (C=O) groups excluding carboxylic acids is 1. The largest absolute Gasteiger partial charge is 0.480 e. The Bertz CT molecular complexity index is 716. The fourth-order valence-electron chi connectivity index (χ4n) is 2.46. The molecule has 2 rings (SSSR count). The number of carboxylic acid groups (broad SMARTS) is 1. The molecule has 1 saturated heterocycles. The number of carbonyl (C=O) groups is 2. The molecule has 1 aromatic rings. The third-order valence-electron chi connectivity index (χ3n) is 3.81. The minimum atomic E-state index is -3.71. The van der Waals surface area contributed by atoms with Gasteiger partial charge in [0.15, 0.2) is 6.04 Å². The zero-order chi connectivity index (χ0) is 17.7. The molecule has 1 unspecified atom stereocenters. The molecule has 0 aromatic heterocycles. The average molecular weight is 358 g/mol. The number of rotatable bonds is 6. The first-order valence-electron chi connectivity index (χ1n) is 7.56. The number of nitrogens with zero attached hydrogens (tertiary/aromatic N) is 1. The lowest BCUT2D eigenvalue weighted by Crippen LogP contribution is -2.42. The quantitative estimate of drug-likeness (QED) is 0.790. The van der Waals surface area contributed by atoms with Gasteiger partial charge >= 0.3 is 5.97 Å². The van der Waals surface area contributed by atoms with Crippen molar-refractivity contribution in [3.63, 3.8) is 0 Å². The van der Waals surface area contributed by atoms with Crippen LogP contribution in [0, 0.1) is 0 Å². The molecule has 7 nitrogen and oxygen atoms in total. The van der Waals surface area contributed by atoms with Gasteiger partial charge in [-0.1, -0.05) is 12.5 Å². The average Bonchev–Trinajstić information content (AvgIpc) is 2.60. The van der Waals surface area contributed by atoms with E-state index in [0.717, 1.165) is 19.3 Å². The Labute approximate surface area is 139 Å². The molecule has 24 heavy (non-hydrogen) atoms. The summed E-state index contributed by atoms with van der Waals surface area (Å²) < 4.78 is 39.1. The summed E-state index contributed by atoms with van der Waals surface area (Å²) in [5.41, 5.74) is -0.0345. The summed E-state index contributed by atoms with van der Waals surface area (Å²) in [6.07, 6.45) is 2.56. The molecule has 1 heterocycles. The normalized spacial score (nSPS) is 17.2. The van der Waals surface area contributed by atoms with E-state index in [1.807, 2.05) is 5.32 Å². The fourth-order valence-corrected chi connectivity index (χ4v) is 4.02. The molecule has 1 atom stereocenters. The van der Waals surface area contributed by atoms with Gasteiger partial charge in [0.2, 0.25) is 10.0 Å². The molecular weight excluding hydrogens is 339 g/mol. The van der Waals surface area contributed by atoms with E-state index in [9.17, 15) is 22.4 Å². The number of nitrogens with one attached hydrogen (secondary N) is 1. The lowest BCUT2D eigenvalue weighted by atomic mass is 10.2. The number of piperidine rings is 1. The Morgan fingerprint density at radius 2 is 1.92 bits per heavy atom. The van der Waals surface area contributed by atoms with Crippen molar-refractivity contribution in [1.29, 1.82) is 0 Å². The molecule has 0 bridgehead atoms. The first-order valence-corrected chi connectivity index (χ1v) is 9.00. The highest BCUT2D eigenvalue weighted by Gasteiger charge is 2.27. The maximum Gasteiger partial charge on any atom is 0.328 e. The Morgan fingerprint density at radius 3 is 2.50 bits per heavy atom. The highest BCUT2D eigenvalue weighted by atomic mass is 32.2. The van der Waals surface area contributed by atoms with Gasteiger partial charge in [0.25, 0.3) is 5.91 Å². The van der Waals surface area contributed by atoms with Gasteiger partial charge in [-0.05, 0) is 31.0 Å². The van der Waals surface area contributed by atoms with Crippen molar-refractivity contribution in [2.75, 3.05) is 19.8 Å². The summed E-state index contributed by atoms with van der Waals surface area (Å²) in [6, 6.07) is 3.64. The molecule has 1 fully saturated rings. The van der Waals surface area contributed by atoms with Crippen LogP contribution in [0.1, 0.15) is 29.6 Å². The Morgan fingerprint density at radius 1 is 1.25 bits per heavy atom. The number of hydrogen-bond acceptors (Lipinski definition) is 4. The van der Waals surface area contributed by atoms with E-state index in [4.69, 9.17) is 5.11 Å². The summed E-state index contributed by atoms with van der Waals surface area (Å²) in [4.78, 5) is 22.8. The zero-order valence-electron chi connectivity index (χ0n) is 12.9. The van der Waals surface area contributed by atoms with E-state index >= 15 is 0 Å². The van der Waals surface area contributed by atoms with Crippen LogP contribution in [0.25, 0.3) is 0 Å². The summed E-state index contributed by atoms with van der Waals surface area (Å²) >= 11 is 0. The van der Waals surface area contributed by atoms with Crippen molar-refractivity contribution in [2.45, 2.75) is 30.2 Å². The first-order chi connectivity index (χ1) is 11.4. The van der Waals surface area contributed by atoms with Crippen LogP contribution < -0.4 is 5.32 Å². The minimum absolute atomic E-state index is 0.0345. The molecule has 0 radical (unpaired) electrons. The summed E-state index contributed by atoms with van der Waals surface area (Å²) in [5, 5.41) is 10.8. The Balaban J connectivity index is 2.22. The fraction of sp³-hybridized carbons (Fsp3) is 0.467. The molecule has 1 aliphatic heterocycles. The van der Waals surface area contributed by atoms with E-state index in [1.165, 1.54) is 28.6 Å². The zero-order valence-corrected chi connectivity index (χ0v) is 13.8. The molecule has 0 saturated carbocycles. The van der Waals surface area contributed by atoms with Crippen molar-refractivity contribution >= 4 is 21.9 Å². The van der Waals surface area contributed by atoms with Gasteiger partial charge in [0.1, 0.15) is 6.67 Å². The summed E-state index contributed by atoms with van der Waals surface area (Å²) in [7, 11) is -3.71. The molecular formula is C15H19FN2O5S. The van der Waals surface area contributed by atoms with Gasteiger partial charge < -0.3 is 10.4 Å². The van der Waals surface area contributed by atoms with E-state index in [0.29, 0.717) is 13.1 Å². The Hall–Kier alpha value is -2.00. The van der Waals surface area contributed by atoms with Gasteiger partial charge in [0.05, 0.1) is 4.90 Å². The van der Waals surface area contributed by atoms with Crippen molar-refractivity contribution in [2.24, 2.45) is 0 Å². The van der Waals surface area contributed by atoms with Crippen molar-refractivity contribution in [1.82, 2.24) is 9.62 Å². The minimum Gasteiger partial charge on any atom is -0.480 e. The predicted octanol–water partition coefficient (Wildman–Crippen LogP) is 1.01. The molecule has 2 N–H and O–H groups in total. The lowest BCUT2D eigenvalue weighted by molar-refractivity contribution is -0.139. The van der Waals surface area contributed by atoms with Crippen LogP contribution >= 0.6 is 0 Å².